The van der Waals surface area contributed by atoms with Gasteiger partial charge < -0.3 is 19.8 Å². The van der Waals surface area contributed by atoms with Gasteiger partial charge in [-0.3, -0.25) is 14.4 Å². The van der Waals surface area contributed by atoms with E-state index in [1.165, 1.54) is 5.57 Å². The van der Waals surface area contributed by atoms with Gasteiger partial charge in [-0.25, -0.2) is 0 Å². The monoisotopic (exact) mass is 517 g/mol. The van der Waals surface area contributed by atoms with Gasteiger partial charge in [0.25, 0.3) is 0 Å². The van der Waals surface area contributed by atoms with E-state index in [4.69, 9.17) is 4.74 Å². The van der Waals surface area contributed by atoms with Crippen molar-refractivity contribution in [2.24, 2.45) is 28.6 Å². The fraction of sp³-hybridized carbons (Fsp3) is 0.833. The number of Topliss-reactive ketones (excluding diaryl/α,β-unsaturated/α-hetero) is 1. The highest BCUT2D eigenvalue weighted by molar-refractivity contribution is 5.92. The molecule has 4 rings (SSSR count). The number of carbonyl (C=O) groups excluding carboxylic acids is 3. The Bertz CT molecular complexity index is 927. The van der Waals surface area contributed by atoms with Gasteiger partial charge in [0.05, 0.1) is 6.10 Å². The number of esters is 1. The van der Waals surface area contributed by atoms with Crippen molar-refractivity contribution in [2.45, 2.75) is 104 Å². The summed E-state index contributed by atoms with van der Waals surface area (Å²) >= 11 is 0. The first-order valence-electron chi connectivity index (χ1n) is 14.6. The summed E-state index contributed by atoms with van der Waals surface area (Å²) < 4.78 is 5.33. The molecule has 0 saturated heterocycles. The fourth-order valence-corrected chi connectivity index (χ4v) is 8.63. The van der Waals surface area contributed by atoms with Crippen LogP contribution in [0.3, 0.4) is 0 Å². The largest absolute Gasteiger partial charge is 0.458 e. The van der Waals surface area contributed by atoms with E-state index in [1.807, 2.05) is 13.0 Å². The molecule has 0 amide bonds. The summed E-state index contributed by atoms with van der Waals surface area (Å²) in [5, 5.41) is 23.3. The van der Waals surface area contributed by atoms with Gasteiger partial charge in [0, 0.05) is 18.3 Å². The minimum absolute atomic E-state index is 0.0327. The zero-order chi connectivity index (χ0) is 27.0. The second kappa shape index (κ2) is 10.9. The van der Waals surface area contributed by atoms with Crippen LogP contribution < -0.4 is 0 Å². The Labute approximate surface area is 222 Å². The number of carbonyl (C=O) groups is 3. The van der Waals surface area contributed by atoms with Gasteiger partial charge in [-0.2, -0.15) is 0 Å². The molecule has 0 radical (unpaired) electrons. The second-order valence-corrected chi connectivity index (χ2v) is 12.5. The predicted octanol–water partition coefficient (Wildman–Crippen LogP) is 3.84. The zero-order valence-electron chi connectivity index (χ0n) is 23.3. The molecule has 0 aliphatic heterocycles. The third kappa shape index (κ3) is 4.96. The lowest BCUT2D eigenvalue weighted by molar-refractivity contribution is -0.184. The van der Waals surface area contributed by atoms with Gasteiger partial charge in [-0.15, -0.1) is 0 Å². The summed E-state index contributed by atoms with van der Waals surface area (Å²) in [7, 11) is 0. The standard InChI is InChI=1S/C30H47NO6/c1-5-31(6-2)16-8-7-9-26(35)37-19-25(34)30(36)15-13-23-22-11-10-20-17-21(32)12-14-28(20,3)27(22)24(33)18-29(23,30)4/h17,22-24,27,33,36H,5-16,18-19H2,1-4H3/t22-,23-,24+,27+,28-,29-,30-/m0/s1. The van der Waals surface area contributed by atoms with Crippen LogP contribution in [0, 0.1) is 28.6 Å². The number of nitrogens with zero attached hydrogens (tertiary/aromatic N) is 1. The fourth-order valence-electron chi connectivity index (χ4n) is 8.63. The molecule has 4 aliphatic carbocycles. The first-order chi connectivity index (χ1) is 17.5. The lowest BCUT2D eigenvalue weighted by Crippen LogP contribution is -2.62. The van der Waals surface area contributed by atoms with Crippen LogP contribution in [-0.4, -0.2) is 70.6 Å². The highest BCUT2D eigenvalue weighted by Crippen LogP contribution is 2.67. The number of aliphatic hydroxyl groups excluding tert-OH is 1. The molecule has 0 unspecified atom stereocenters. The Kier molecular flexibility index (Phi) is 8.37. The smallest absolute Gasteiger partial charge is 0.306 e. The number of allylic oxidation sites excluding steroid dienone is 1. The van der Waals surface area contributed by atoms with Gasteiger partial charge in [0.1, 0.15) is 5.60 Å². The summed E-state index contributed by atoms with van der Waals surface area (Å²) in [6.07, 6.45) is 7.42. The molecular weight excluding hydrogens is 470 g/mol. The van der Waals surface area contributed by atoms with Crippen LogP contribution >= 0.6 is 0 Å². The molecule has 7 atom stereocenters. The number of hydrogen-bond donors (Lipinski definition) is 2. The van der Waals surface area contributed by atoms with Gasteiger partial charge in [0.15, 0.2) is 12.4 Å². The third-order valence-electron chi connectivity index (χ3n) is 10.9. The van der Waals surface area contributed by atoms with Gasteiger partial charge >= 0.3 is 5.97 Å². The van der Waals surface area contributed by atoms with Crippen molar-refractivity contribution in [1.82, 2.24) is 4.90 Å². The number of rotatable bonds is 10. The molecule has 4 aliphatic rings. The number of ketones is 2. The molecule has 3 fully saturated rings. The van der Waals surface area contributed by atoms with Crippen LogP contribution in [0.5, 0.6) is 0 Å². The number of ether oxygens (including phenoxy) is 1. The van der Waals surface area contributed by atoms with Crippen molar-refractivity contribution in [2.75, 3.05) is 26.2 Å². The molecular formula is C30H47NO6. The molecule has 0 bridgehead atoms. The van der Waals surface area contributed by atoms with Crippen molar-refractivity contribution < 1.29 is 29.3 Å². The number of unbranched alkanes of at least 4 members (excludes halogenated alkanes) is 1. The van der Waals surface area contributed by atoms with E-state index in [-0.39, 0.29) is 35.4 Å². The summed E-state index contributed by atoms with van der Waals surface area (Å²) in [6.45, 7) is 10.9. The first-order valence-corrected chi connectivity index (χ1v) is 14.6. The molecule has 0 aromatic rings. The SMILES string of the molecule is CCN(CC)CCCCC(=O)OCC(=O)[C@@]1(O)CC[C@H]2[C@@H]3CCC4=CC(=O)CC[C@]4(C)[C@H]3[C@H](O)C[C@@]21C. The first kappa shape index (κ1) is 28.4. The van der Waals surface area contributed by atoms with E-state index >= 15 is 0 Å². The molecule has 0 aromatic heterocycles. The zero-order valence-corrected chi connectivity index (χ0v) is 23.3. The quantitative estimate of drug-likeness (QED) is 0.335. The summed E-state index contributed by atoms with van der Waals surface area (Å²) in [4.78, 5) is 40.1. The van der Waals surface area contributed by atoms with Crippen LogP contribution in [0.25, 0.3) is 0 Å². The van der Waals surface area contributed by atoms with E-state index in [9.17, 15) is 24.6 Å². The Morgan fingerprint density at radius 2 is 1.84 bits per heavy atom. The topological polar surface area (TPSA) is 104 Å². The lowest BCUT2D eigenvalue weighted by atomic mass is 9.45. The van der Waals surface area contributed by atoms with E-state index < -0.39 is 35.5 Å². The van der Waals surface area contributed by atoms with Crippen LogP contribution in [0.1, 0.15) is 91.9 Å². The molecule has 3 saturated carbocycles. The van der Waals surface area contributed by atoms with Gasteiger partial charge in [0.2, 0.25) is 5.78 Å². The maximum atomic E-state index is 13.4. The summed E-state index contributed by atoms with van der Waals surface area (Å²) in [6, 6.07) is 0. The number of hydrogen-bond acceptors (Lipinski definition) is 7. The number of aliphatic hydroxyl groups is 2. The lowest BCUT2D eigenvalue weighted by Gasteiger charge is -2.60. The van der Waals surface area contributed by atoms with Crippen LogP contribution in [0.2, 0.25) is 0 Å². The Balaban J connectivity index is 1.39. The van der Waals surface area contributed by atoms with Crippen molar-refractivity contribution in [3.63, 3.8) is 0 Å². The maximum Gasteiger partial charge on any atom is 0.306 e. The van der Waals surface area contributed by atoms with E-state index in [2.05, 4.69) is 25.7 Å². The van der Waals surface area contributed by atoms with E-state index in [0.29, 0.717) is 25.7 Å². The predicted molar refractivity (Wildman–Crippen MR) is 141 cm³/mol. The normalized spacial score (nSPS) is 39.0. The van der Waals surface area contributed by atoms with Gasteiger partial charge in [-0.1, -0.05) is 33.3 Å². The van der Waals surface area contributed by atoms with Crippen LogP contribution in [-0.2, 0) is 19.1 Å². The number of fused-ring (bicyclic) bond motifs is 5. The molecule has 0 spiro atoms. The van der Waals surface area contributed by atoms with E-state index in [0.717, 1.165) is 51.7 Å². The Morgan fingerprint density at radius 3 is 2.54 bits per heavy atom. The van der Waals surface area contributed by atoms with Crippen molar-refractivity contribution in [1.29, 1.82) is 0 Å². The van der Waals surface area contributed by atoms with E-state index in [1.54, 1.807) is 0 Å². The summed E-state index contributed by atoms with van der Waals surface area (Å²) in [5.41, 5.74) is -1.40. The van der Waals surface area contributed by atoms with Gasteiger partial charge in [-0.05, 0) is 100 Å². The molecule has 7 heteroatoms. The Hall–Kier alpha value is -1.57. The molecule has 2 N–H and O–H groups in total. The molecule has 0 heterocycles. The van der Waals surface area contributed by atoms with Crippen LogP contribution in [0.4, 0.5) is 0 Å². The highest BCUT2D eigenvalue weighted by Gasteiger charge is 2.68. The molecule has 37 heavy (non-hydrogen) atoms. The molecule has 208 valence electrons. The summed E-state index contributed by atoms with van der Waals surface area (Å²) in [5.74, 6) is -0.316. The molecule has 7 nitrogen and oxygen atoms in total. The Morgan fingerprint density at radius 1 is 1.11 bits per heavy atom. The van der Waals surface area contributed by atoms with Crippen molar-refractivity contribution in [3.05, 3.63) is 11.6 Å². The van der Waals surface area contributed by atoms with Crippen LogP contribution in [0.15, 0.2) is 11.6 Å². The highest BCUT2D eigenvalue weighted by atomic mass is 16.5. The molecule has 0 aromatic carbocycles. The second-order valence-electron chi connectivity index (χ2n) is 12.5. The average molecular weight is 518 g/mol. The third-order valence-corrected chi connectivity index (χ3v) is 10.9. The average Bonchev–Trinajstić information content (AvgIpc) is 3.13. The van der Waals surface area contributed by atoms with Crippen molar-refractivity contribution >= 4 is 17.5 Å². The van der Waals surface area contributed by atoms with Crippen molar-refractivity contribution in [3.8, 4) is 0 Å². The minimum Gasteiger partial charge on any atom is -0.458 e. The minimum atomic E-state index is -1.60. The maximum absolute atomic E-state index is 13.4.